The molecule has 3 aromatic carbocycles. The van der Waals surface area contributed by atoms with Crippen LogP contribution < -0.4 is 15.9 Å². The van der Waals surface area contributed by atoms with Crippen LogP contribution >= 0.6 is 19.0 Å². The number of rotatable bonds is 7. The molecule has 1 atom stereocenters. The Morgan fingerprint density at radius 2 is 1.14 bits per heavy atom. The van der Waals surface area contributed by atoms with Crippen molar-refractivity contribution in [2.75, 3.05) is 0 Å². The first kappa shape index (κ1) is 23.3. The third-order valence-electron chi connectivity index (χ3n) is 4.53. The minimum atomic E-state index is -2.56. The molecule has 0 saturated heterocycles. The SMILES string of the molecule is [CH-]=C(SC#N)C(O)C(=[CH-])[P+](c1ccccc1)(c1ccccc1)c1ccccc1.[Os+2]. The molecule has 5 heteroatoms. The maximum absolute atomic E-state index is 11.0. The van der Waals surface area contributed by atoms with Gasteiger partial charge < -0.3 is 18.3 Å². The zero-order valence-corrected chi connectivity index (χ0v) is 19.7. The van der Waals surface area contributed by atoms with Gasteiger partial charge in [-0.05, 0) is 36.4 Å². The van der Waals surface area contributed by atoms with Crippen LogP contribution in [0.3, 0.4) is 0 Å². The first-order valence-corrected chi connectivity index (χ1v) is 11.3. The average molecular weight is 591 g/mol. The van der Waals surface area contributed by atoms with Gasteiger partial charge in [0.05, 0.1) is 6.10 Å². The Balaban J connectivity index is 0.00000300. The van der Waals surface area contributed by atoms with Crippen molar-refractivity contribution in [1.29, 1.82) is 5.26 Å². The van der Waals surface area contributed by atoms with E-state index in [4.69, 9.17) is 18.4 Å². The molecule has 29 heavy (non-hydrogen) atoms. The van der Waals surface area contributed by atoms with Crippen LogP contribution in [0.25, 0.3) is 0 Å². The maximum Gasteiger partial charge on any atom is 2.00 e. The van der Waals surface area contributed by atoms with Gasteiger partial charge in [-0.2, -0.15) is 10.2 Å². The number of aliphatic hydroxyl groups is 1. The van der Waals surface area contributed by atoms with Crippen molar-refractivity contribution in [3.8, 4) is 5.40 Å². The monoisotopic (exact) mass is 592 g/mol. The molecule has 0 spiro atoms. The van der Waals surface area contributed by atoms with Gasteiger partial charge in [-0.25, -0.2) is 0 Å². The zero-order chi connectivity index (χ0) is 20.0. The van der Waals surface area contributed by atoms with Crippen molar-refractivity contribution in [3.05, 3.63) is 114 Å². The van der Waals surface area contributed by atoms with E-state index in [1.54, 1.807) is 0 Å². The number of nitriles is 1. The van der Waals surface area contributed by atoms with E-state index in [-0.39, 0.29) is 24.7 Å². The molecule has 0 aromatic heterocycles. The Morgan fingerprint density at radius 1 is 0.793 bits per heavy atom. The summed E-state index contributed by atoms with van der Waals surface area (Å²) >= 11 is 0.736. The van der Waals surface area contributed by atoms with Crippen molar-refractivity contribution in [2.45, 2.75) is 6.10 Å². The van der Waals surface area contributed by atoms with Crippen LogP contribution in [0.5, 0.6) is 0 Å². The maximum atomic E-state index is 11.0. The minimum absolute atomic E-state index is 0. The molecule has 1 N–H and O–H groups in total. The fourth-order valence-electron chi connectivity index (χ4n) is 3.29. The van der Waals surface area contributed by atoms with E-state index in [0.29, 0.717) is 5.31 Å². The van der Waals surface area contributed by atoms with Crippen molar-refractivity contribution in [1.82, 2.24) is 0 Å². The van der Waals surface area contributed by atoms with Gasteiger partial charge in [0, 0.05) is 0 Å². The summed E-state index contributed by atoms with van der Waals surface area (Å²) < 4.78 is 0. The van der Waals surface area contributed by atoms with Crippen LogP contribution in [0.1, 0.15) is 0 Å². The van der Waals surface area contributed by atoms with Gasteiger partial charge in [0.25, 0.3) is 0 Å². The molecule has 2 nitrogen and oxygen atoms in total. The summed E-state index contributed by atoms with van der Waals surface area (Å²) in [5, 5.41) is 25.3. The second-order valence-corrected chi connectivity index (χ2v) is 10.4. The molecule has 0 radical (unpaired) electrons. The van der Waals surface area contributed by atoms with E-state index in [0.717, 1.165) is 27.7 Å². The molecule has 0 bridgehead atoms. The number of thiocyanates is 1. The molecule has 3 aromatic rings. The Kier molecular flexibility index (Phi) is 8.58. The van der Waals surface area contributed by atoms with Gasteiger partial charge in [0.2, 0.25) is 0 Å². The Labute approximate surface area is 190 Å². The molecule has 3 rings (SSSR count). The van der Waals surface area contributed by atoms with E-state index in [1.807, 2.05) is 96.4 Å². The molecule has 0 fully saturated rings. The number of aliphatic hydroxyl groups excluding tert-OH is 1. The van der Waals surface area contributed by atoms with Gasteiger partial charge in [0.15, 0.2) is 0 Å². The van der Waals surface area contributed by atoms with E-state index >= 15 is 0 Å². The summed E-state index contributed by atoms with van der Waals surface area (Å²) in [7, 11) is -2.56. The number of hydrogen-bond donors (Lipinski definition) is 1. The molecule has 0 amide bonds. The number of benzene rings is 3. The van der Waals surface area contributed by atoms with Gasteiger partial charge in [-0.1, -0.05) is 71.7 Å². The third kappa shape index (κ3) is 4.61. The molecule has 0 aliphatic carbocycles. The Hall–Kier alpha value is -1.99. The number of thioether (sulfide) groups is 1. The summed E-state index contributed by atoms with van der Waals surface area (Å²) in [6, 6.07) is 29.8. The molecule has 0 aliphatic heterocycles. The van der Waals surface area contributed by atoms with E-state index in [2.05, 4.69) is 0 Å². The molecule has 0 aliphatic rings. The number of hydrogen-bond acceptors (Lipinski definition) is 3. The van der Waals surface area contributed by atoms with Crippen molar-refractivity contribution < 1.29 is 24.9 Å². The normalized spacial score (nSPS) is 11.6. The van der Waals surface area contributed by atoms with Gasteiger partial charge in [-0.3, -0.25) is 0 Å². The molecule has 1 unspecified atom stereocenters. The van der Waals surface area contributed by atoms with E-state index < -0.39 is 13.4 Å². The molecule has 0 saturated carbocycles. The summed E-state index contributed by atoms with van der Waals surface area (Å²) in [5.74, 6) is 0. The number of nitrogens with zero attached hydrogens (tertiary/aromatic N) is 1. The van der Waals surface area contributed by atoms with Crippen molar-refractivity contribution in [3.63, 3.8) is 0 Å². The van der Waals surface area contributed by atoms with E-state index in [1.165, 1.54) is 0 Å². The quantitative estimate of drug-likeness (QED) is 0.255. The third-order valence-corrected chi connectivity index (χ3v) is 9.32. The smallest absolute Gasteiger partial charge is 0.500 e. The predicted molar refractivity (Wildman–Crippen MR) is 120 cm³/mol. The molecule has 0 heterocycles. The fourth-order valence-corrected chi connectivity index (χ4v) is 7.87. The van der Waals surface area contributed by atoms with Crippen LogP contribution in [0.2, 0.25) is 0 Å². The van der Waals surface area contributed by atoms with Gasteiger partial charge in [0.1, 0.15) is 28.6 Å². The molecular formula is C24H19NOOsPS+. The Bertz CT molecular complexity index is 907. The standard InChI is InChI=1S/C24H19NOPS.Os/c1-19(24(26)20(2)28-18-25)27(21-12-6-3-7-13-21,22-14-8-4-9-15-22)23-16-10-5-11-17-23;/h1-17,24,26H;/q-1;+2. The average Bonchev–Trinajstić information content (AvgIpc) is 2.76. The molecular weight excluding hydrogens is 572 g/mol. The van der Waals surface area contributed by atoms with E-state index in [9.17, 15) is 5.11 Å². The van der Waals surface area contributed by atoms with Crippen LogP contribution in [-0.2, 0) is 19.8 Å². The molecule has 144 valence electrons. The summed E-state index contributed by atoms with van der Waals surface area (Å²) in [5.41, 5.74) is 0. The fraction of sp³-hybridized carbons (Fsp3) is 0.0417. The minimum Gasteiger partial charge on any atom is -0.500 e. The summed E-state index contributed by atoms with van der Waals surface area (Å²) in [4.78, 5) is 0.0761. The summed E-state index contributed by atoms with van der Waals surface area (Å²) in [6.07, 6.45) is -1.22. The van der Waals surface area contributed by atoms with Crippen LogP contribution in [0.4, 0.5) is 0 Å². The van der Waals surface area contributed by atoms with Crippen molar-refractivity contribution >= 4 is 34.9 Å². The van der Waals surface area contributed by atoms with Gasteiger partial charge in [-0.15, -0.1) is 0 Å². The second kappa shape index (κ2) is 10.7. The topological polar surface area (TPSA) is 44.0 Å². The summed E-state index contributed by atoms with van der Waals surface area (Å²) in [6.45, 7) is 12.7. The zero-order valence-electron chi connectivity index (χ0n) is 15.5. The largest absolute Gasteiger partial charge is 2.00 e. The van der Waals surface area contributed by atoms with Crippen LogP contribution in [0.15, 0.2) is 101 Å². The van der Waals surface area contributed by atoms with Gasteiger partial charge >= 0.3 is 19.8 Å². The first-order valence-electron chi connectivity index (χ1n) is 8.67. The Morgan fingerprint density at radius 3 is 1.45 bits per heavy atom. The van der Waals surface area contributed by atoms with Crippen LogP contribution in [-0.4, -0.2) is 11.2 Å². The predicted octanol–water partition coefficient (Wildman–Crippen LogP) is 4.19. The first-order chi connectivity index (χ1) is 13.6. The van der Waals surface area contributed by atoms with Crippen molar-refractivity contribution in [2.24, 2.45) is 0 Å². The van der Waals surface area contributed by atoms with Crippen LogP contribution in [0, 0.1) is 23.8 Å². The second-order valence-electron chi connectivity index (χ2n) is 6.10.